The number of Topliss-reactive ketones (excluding diaryl/α,β-unsaturated/α-hetero) is 1. The number of aliphatic hydroxyl groups is 1. The second kappa shape index (κ2) is 7.59. The van der Waals surface area contributed by atoms with Gasteiger partial charge in [-0.2, -0.15) is 0 Å². The van der Waals surface area contributed by atoms with Gasteiger partial charge in [-0.05, 0) is 48.9 Å². The number of aromatic nitrogens is 1. The Bertz CT molecular complexity index is 1200. The van der Waals surface area contributed by atoms with Crippen LogP contribution in [0.25, 0.3) is 5.76 Å². The fourth-order valence-corrected chi connectivity index (χ4v) is 3.60. The molecule has 0 aliphatic carbocycles. The number of benzene rings is 2. The Kier molecular flexibility index (Phi) is 5.09. The quantitative estimate of drug-likeness (QED) is 0.345. The second-order valence-electron chi connectivity index (χ2n) is 6.65. The van der Waals surface area contributed by atoms with Crippen molar-refractivity contribution < 1.29 is 23.6 Å². The van der Waals surface area contributed by atoms with E-state index in [-0.39, 0.29) is 27.0 Å². The van der Waals surface area contributed by atoms with Gasteiger partial charge in [-0.1, -0.05) is 34.4 Å². The summed E-state index contributed by atoms with van der Waals surface area (Å²) in [4.78, 5) is 26.9. The third-order valence-electron chi connectivity index (χ3n) is 4.68. The highest BCUT2D eigenvalue weighted by atomic mass is 35.5. The maximum atomic E-state index is 13.3. The van der Waals surface area contributed by atoms with E-state index in [9.17, 15) is 19.1 Å². The van der Waals surface area contributed by atoms with Crippen LogP contribution >= 0.6 is 23.2 Å². The number of aliphatic hydroxyl groups excluding tert-OH is 1. The summed E-state index contributed by atoms with van der Waals surface area (Å²) >= 11 is 12.2. The van der Waals surface area contributed by atoms with E-state index < -0.39 is 29.3 Å². The molecule has 0 radical (unpaired) electrons. The summed E-state index contributed by atoms with van der Waals surface area (Å²) in [6.07, 6.45) is 0. The third-order valence-corrected chi connectivity index (χ3v) is 5.42. The molecule has 1 fully saturated rings. The predicted octanol–water partition coefficient (Wildman–Crippen LogP) is 5.06. The summed E-state index contributed by atoms with van der Waals surface area (Å²) in [6, 6.07) is 9.95. The van der Waals surface area contributed by atoms with E-state index in [0.29, 0.717) is 11.3 Å². The maximum Gasteiger partial charge on any atom is 0.301 e. The molecule has 1 aliphatic heterocycles. The molecule has 9 heteroatoms. The van der Waals surface area contributed by atoms with Gasteiger partial charge in [0.25, 0.3) is 5.78 Å². The average Bonchev–Trinajstić information content (AvgIpc) is 3.25. The number of hydrogen-bond donors (Lipinski definition) is 1. The highest BCUT2D eigenvalue weighted by molar-refractivity contribution is 6.51. The van der Waals surface area contributed by atoms with E-state index in [2.05, 4.69) is 5.16 Å². The first-order valence-electron chi connectivity index (χ1n) is 8.73. The van der Waals surface area contributed by atoms with Crippen molar-refractivity contribution in [2.24, 2.45) is 0 Å². The normalized spacial score (nSPS) is 18.3. The minimum Gasteiger partial charge on any atom is -0.507 e. The van der Waals surface area contributed by atoms with Crippen LogP contribution in [0.3, 0.4) is 0 Å². The topological polar surface area (TPSA) is 83.6 Å². The minimum absolute atomic E-state index is 0.101. The van der Waals surface area contributed by atoms with Crippen LogP contribution in [0.4, 0.5) is 10.2 Å². The predicted molar refractivity (Wildman–Crippen MR) is 109 cm³/mol. The van der Waals surface area contributed by atoms with Crippen LogP contribution in [0.1, 0.15) is 22.9 Å². The molecule has 30 heavy (non-hydrogen) atoms. The van der Waals surface area contributed by atoms with Gasteiger partial charge < -0.3 is 9.63 Å². The van der Waals surface area contributed by atoms with Crippen molar-refractivity contribution in [2.45, 2.75) is 13.0 Å². The van der Waals surface area contributed by atoms with Crippen molar-refractivity contribution >= 4 is 46.5 Å². The highest BCUT2D eigenvalue weighted by Gasteiger charge is 2.48. The summed E-state index contributed by atoms with van der Waals surface area (Å²) in [6.45, 7) is 1.64. The van der Waals surface area contributed by atoms with Crippen LogP contribution in [0, 0.1) is 12.7 Å². The van der Waals surface area contributed by atoms with Gasteiger partial charge >= 0.3 is 5.91 Å². The summed E-state index contributed by atoms with van der Waals surface area (Å²) < 4.78 is 18.4. The fourth-order valence-electron chi connectivity index (χ4n) is 3.30. The van der Waals surface area contributed by atoms with Crippen molar-refractivity contribution in [1.29, 1.82) is 0 Å². The van der Waals surface area contributed by atoms with Gasteiger partial charge in [0.2, 0.25) is 0 Å². The molecule has 2 heterocycles. The van der Waals surface area contributed by atoms with E-state index in [4.69, 9.17) is 27.7 Å². The lowest BCUT2D eigenvalue weighted by atomic mass is 9.95. The van der Waals surface area contributed by atoms with Crippen LogP contribution < -0.4 is 4.90 Å². The van der Waals surface area contributed by atoms with Crippen LogP contribution in [0.2, 0.25) is 10.0 Å². The molecule has 2 aromatic carbocycles. The van der Waals surface area contributed by atoms with Gasteiger partial charge in [-0.3, -0.25) is 14.5 Å². The number of amides is 1. The standard InChI is InChI=1S/C21H13Cl2FN2O4/c1-10-8-16(25-30-10)26-18(12-4-7-14(22)15(23)9-12)17(20(28)21(26)29)19(27)11-2-5-13(24)6-3-11/h2-9,18,27H,1H3/b19-17+/t18-/m1/s1. The number of anilines is 1. The SMILES string of the molecule is Cc1cc(N2C(=O)C(=O)/C(=C(/O)c3ccc(F)cc3)[C@H]2c2ccc(Cl)c(Cl)c2)no1. The third kappa shape index (κ3) is 3.36. The van der Waals surface area contributed by atoms with Gasteiger partial charge in [0.1, 0.15) is 17.3 Å². The van der Waals surface area contributed by atoms with Crippen molar-refractivity contribution in [3.05, 3.63) is 86.9 Å². The van der Waals surface area contributed by atoms with E-state index in [1.54, 1.807) is 13.0 Å². The van der Waals surface area contributed by atoms with Crippen molar-refractivity contribution in [2.75, 3.05) is 4.90 Å². The maximum absolute atomic E-state index is 13.3. The van der Waals surface area contributed by atoms with Crippen molar-refractivity contribution in [3.8, 4) is 0 Å². The molecule has 1 N–H and O–H groups in total. The molecule has 152 valence electrons. The Morgan fingerprint density at radius 1 is 1.10 bits per heavy atom. The van der Waals surface area contributed by atoms with Gasteiger partial charge in [-0.15, -0.1) is 0 Å². The van der Waals surface area contributed by atoms with Gasteiger partial charge in [-0.25, -0.2) is 4.39 Å². The van der Waals surface area contributed by atoms with Crippen LogP contribution in [-0.4, -0.2) is 22.0 Å². The zero-order valence-electron chi connectivity index (χ0n) is 15.4. The Morgan fingerprint density at radius 2 is 1.80 bits per heavy atom. The number of halogens is 3. The smallest absolute Gasteiger partial charge is 0.301 e. The van der Waals surface area contributed by atoms with Crippen LogP contribution in [-0.2, 0) is 9.59 Å². The molecule has 1 amide bonds. The van der Waals surface area contributed by atoms with Gasteiger partial charge in [0.05, 0.1) is 21.7 Å². The fraction of sp³-hybridized carbons (Fsp3) is 0.0952. The summed E-state index contributed by atoms with van der Waals surface area (Å²) in [5, 5.41) is 15.2. The molecule has 1 aliphatic rings. The largest absolute Gasteiger partial charge is 0.507 e. The van der Waals surface area contributed by atoms with E-state index in [1.165, 1.54) is 30.3 Å². The Labute approximate surface area is 180 Å². The summed E-state index contributed by atoms with van der Waals surface area (Å²) in [5.41, 5.74) is 0.411. The van der Waals surface area contributed by atoms with Crippen LogP contribution in [0.5, 0.6) is 0 Å². The number of carbonyl (C=O) groups excluding carboxylic acids is 2. The zero-order valence-corrected chi connectivity index (χ0v) is 16.9. The Balaban J connectivity index is 1.96. The van der Waals surface area contributed by atoms with Crippen molar-refractivity contribution in [3.63, 3.8) is 0 Å². The molecule has 1 atom stereocenters. The molecule has 0 unspecified atom stereocenters. The number of carbonyl (C=O) groups is 2. The molecule has 0 bridgehead atoms. The summed E-state index contributed by atoms with van der Waals surface area (Å²) in [5.74, 6) is -2.25. The monoisotopic (exact) mass is 446 g/mol. The Hall–Kier alpha value is -3.16. The lowest BCUT2D eigenvalue weighted by Gasteiger charge is -2.23. The van der Waals surface area contributed by atoms with E-state index in [0.717, 1.165) is 17.0 Å². The number of ketones is 1. The second-order valence-corrected chi connectivity index (χ2v) is 7.46. The average molecular weight is 447 g/mol. The first-order valence-corrected chi connectivity index (χ1v) is 9.48. The molecule has 0 spiro atoms. The lowest BCUT2D eigenvalue weighted by Crippen LogP contribution is -2.29. The first-order chi connectivity index (χ1) is 14.3. The zero-order chi connectivity index (χ0) is 21.6. The van der Waals surface area contributed by atoms with Gasteiger partial charge in [0, 0.05) is 11.6 Å². The molecular weight excluding hydrogens is 434 g/mol. The molecule has 1 aromatic heterocycles. The Morgan fingerprint density at radius 3 is 2.40 bits per heavy atom. The molecule has 1 saturated heterocycles. The number of hydrogen-bond acceptors (Lipinski definition) is 5. The van der Waals surface area contributed by atoms with Gasteiger partial charge in [0.15, 0.2) is 5.82 Å². The highest BCUT2D eigenvalue weighted by Crippen LogP contribution is 2.43. The molecular formula is C21H13Cl2FN2O4. The lowest BCUT2D eigenvalue weighted by molar-refractivity contribution is -0.132. The number of nitrogens with zero attached hydrogens (tertiary/aromatic N) is 2. The number of aryl methyl sites for hydroxylation is 1. The summed E-state index contributed by atoms with van der Waals surface area (Å²) in [7, 11) is 0. The number of rotatable bonds is 3. The van der Waals surface area contributed by atoms with E-state index >= 15 is 0 Å². The molecule has 3 aromatic rings. The first kappa shape index (κ1) is 20.1. The molecule has 4 rings (SSSR count). The van der Waals surface area contributed by atoms with Crippen LogP contribution in [0.15, 0.2) is 58.6 Å². The van der Waals surface area contributed by atoms with Crippen molar-refractivity contribution in [1.82, 2.24) is 5.16 Å². The van der Waals surface area contributed by atoms with E-state index in [1.807, 2.05) is 0 Å². The molecule has 6 nitrogen and oxygen atoms in total. The molecule has 0 saturated carbocycles. The minimum atomic E-state index is -1.05.